The molecule has 2 rings (SSSR count). The van der Waals surface area contributed by atoms with Gasteiger partial charge < -0.3 is 9.88 Å². The van der Waals surface area contributed by atoms with Gasteiger partial charge in [0.25, 0.3) is 0 Å². The van der Waals surface area contributed by atoms with Gasteiger partial charge in [-0.05, 0) is 43.6 Å². The molecule has 0 saturated heterocycles. The molecule has 0 saturated carbocycles. The summed E-state index contributed by atoms with van der Waals surface area (Å²) >= 11 is 6.94. The lowest BCUT2D eigenvalue weighted by Gasteiger charge is -2.19. The molecule has 0 amide bonds. The minimum Gasteiger partial charge on any atom is -0.340 e. The summed E-state index contributed by atoms with van der Waals surface area (Å²) in [5.41, 5.74) is 3.50. The minimum absolute atomic E-state index is 0.0750. The van der Waals surface area contributed by atoms with Crippen LogP contribution in [0.4, 0.5) is 0 Å². The van der Waals surface area contributed by atoms with E-state index in [4.69, 9.17) is 0 Å². The van der Waals surface area contributed by atoms with Gasteiger partial charge >= 0.3 is 0 Å². The Kier molecular flexibility index (Phi) is 6.05. The highest BCUT2D eigenvalue weighted by atomic mass is 79.9. The lowest BCUT2D eigenvalue weighted by molar-refractivity contribution is 0.292. The highest BCUT2D eigenvalue weighted by Crippen LogP contribution is 2.28. The monoisotopic (exact) mass is 401 g/mol. The van der Waals surface area contributed by atoms with Crippen molar-refractivity contribution >= 4 is 42.9 Å². The van der Waals surface area contributed by atoms with E-state index in [0.717, 1.165) is 36.4 Å². The third kappa shape index (κ3) is 4.06. The van der Waals surface area contributed by atoms with Crippen LogP contribution in [-0.2, 0) is 6.42 Å². The number of aromatic amines is 1. The summed E-state index contributed by atoms with van der Waals surface area (Å²) in [7, 11) is 0. The Hall–Kier alpha value is -0.390. The first kappa shape index (κ1) is 16.0. The molecular formula is C15H21Br2N3. The molecule has 1 heterocycles. The van der Waals surface area contributed by atoms with Gasteiger partial charge in [0.2, 0.25) is 0 Å². The van der Waals surface area contributed by atoms with Crippen LogP contribution < -0.4 is 0 Å². The first-order valence-electron chi connectivity index (χ1n) is 7.13. The van der Waals surface area contributed by atoms with E-state index in [0.29, 0.717) is 0 Å². The number of rotatable bonds is 7. The van der Waals surface area contributed by atoms with E-state index < -0.39 is 0 Å². The predicted molar refractivity (Wildman–Crippen MR) is 92.8 cm³/mol. The number of fused-ring (bicyclic) bond motifs is 1. The lowest BCUT2D eigenvalue weighted by atomic mass is 10.1. The molecule has 0 spiro atoms. The van der Waals surface area contributed by atoms with Crippen LogP contribution in [0.3, 0.4) is 0 Å². The summed E-state index contributed by atoms with van der Waals surface area (Å²) in [4.78, 5) is 10.4. The van der Waals surface area contributed by atoms with Crippen molar-refractivity contribution in [2.24, 2.45) is 0 Å². The van der Waals surface area contributed by atoms with Crippen LogP contribution in [0, 0.1) is 0 Å². The molecule has 1 N–H and O–H groups in total. The number of H-pyrrole nitrogens is 1. The zero-order valence-corrected chi connectivity index (χ0v) is 15.2. The van der Waals surface area contributed by atoms with Gasteiger partial charge in [0.05, 0.1) is 11.0 Å². The average Bonchev–Trinajstić information content (AvgIpc) is 2.86. The van der Waals surface area contributed by atoms with E-state index in [1.807, 2.05) is 0 Å². The SMILES string of the molecule is CCCN(CC)CCc1ccc2nc(C(Br)Br)[nH]c2c1. The predicted octanol–water partition coefficient (Wildman–Crippen LogP) is 4.63. The maximum Gasteiger partial charge on any atom is 0.131 e. The second-order valence-corrected chi connectivity index (χ2v) is 8.02. The molecule has 0 atom stereocenters. The number of halogens is 2. The molecule has 20 heavy (non-hydrogen) atoms. The van der Waals surface area contributed by atoms with Crippen molar-refractivity contribution in [2.75, 3.05) is 19.6 Å². The van der Waals surface area contributed by atoms with E-state index in [1.54, 1.807) is 0 Å². The van der Waals surface area contributed by atoms with E-state index in [9.17, 15) is 0 Å². The first-order chi connectivity index (χ1) is 9.63. The van der Waals surface area contributed by atoms with Crippen LogP contribution in [0.25, 0.3) is 11.0 Å². The van der Waals surface area contributed by atoms with Crippen molar-refractivity contribution in [1.82, 2.24) is 14.9 Å². The van der Waals surface area contributed by atoms with Crippen LogP contribution in [-0.4, -0.2) is 34.5 Å². The van der Waals surface area contributed by atoms with E-state index in [1.165, 1.54) is 18.5 Å². The van der Waals surface area contributed by atoms with Crippen molar-refractivity contribution in [3.63, 3.8) is 0 Å². The number of alkyl halides is 2. The average molecular weight is 403 g/mol. The molecule has 0 aliphatic heterocycles. The van der Waals surface area contributed by atoms with Gasteiger partial charge in [-0.25, -0.2) is 4.98 Å². The third-order valence-corrected chi connectivity index (χ3v) is 4.34. The standard InChI is InChI=1S/C15H21Br2N3/c1-3-8-20(4-2)9-7-11-5-6-12-13(10-11)19-15(18-12)14(16)17/h5-6,10,14H,3-4,7-9H2,1-2H3,(H,18,19). The molecule has 1 aromatic carbocycles. The van der Waals surface area contributed by atoms with Crippen molar-refractivity contribution in [3.05, 3.63) is 29.6 Å². The molecule has 5 heteroatoms. The number of nitrogens with one attached hydrogen (secondary N) is 1. The summed E-state index contributed by atoms with van der Waals surface area (Å²) in [5, 5.41) is 0. The van der Waals surface area contributed by atoms with Gasteiger partial charge in [0.15, 0.2) is 0 Å². The van der Waals surface area contributed by atoms with Crippen LogP contribution >= 0.6 is 31.9 Å². The molecule has 1 aromatic heterocycles. The number of imidazole rings is 1. The van der Waals surface area contributed by atoms with E-state index >= 15 is 0 Å². The van der Waals surface area contributed by atoms with Crippen LogP contribution in [0.15, 0.2) is 18.2 Å². The smallest absolute Gasteiger partial charge is 0.131 e. The third-order valence-electron chi connectivity index (χ3n) is 3.48. The topological polar surface area (TPSA) is 31.9 Å². The Morgan fingerprint density at radius 1 is 1.25 bits per heavy atom. The quantitative estimate of drug-likeness (QED) is 0.684. The first-order valence-corrected chi connectivity index (χ1v) is 8.96. The largest absolute Gasteiger partial charge is 0.340 e. The van der Waals surface area contributed by atoms with Gasteiger partial charge in [-0.3, -0.25) is 0 Å². The molecule has 2 aromatic rings. The molecule has 3 nitrogen and oxygen atoms in total. The van der Waals surface area contributed by atoms with Crippen molar-refractivity contribution in [1.29, 1.82) is 0 Å². The Morgan fingerprint density at radius 3 is 2.70 bits per heavy atom. The number of nitrogens with zero attached hydrogens (tertiary/aromatic N) is 2. The highest BCUT2D eigenvalue weighted by Gasteiger charge is 2.09. The van der Waals surface area contributed by atoms with Crippen LogP contribution in [0.5, 0.6) is 0 Å². The van der Waals surface area contributed by atoms with Crippen molar-refractivity contribution in [3.8, 4) is 0 Å². The Labute approximate surface area is 137 Å². The molecule has 0 fully saturated rings. The fourth-order valence-corrected chi connectivity index (χ4v) is 2.80. The van der Waals surface area contributed by atoms with Crippen molar-refractivity contribution in [2.45, 2.75) is 30.4 Å². The maximum atomic E-state index is 4.53. The Bertz CT molecular complexity index is 551. The summed E-state index contributed by atoms with van der Waals surface area (Å²) in [5.74, 6) is 0.915. The number of benzene rings is 1. The number of aromatic nitrogens is 2. The number of hydrogen-bond donors (Lipinski definition) is 1. The van der Waals surface area contributed by atoms with Gasteiger partial charge in [0, 0.05) is 6.54 Å². The summed E-state index contributed by atoms with van der Waals surface area (Å²) in [6.07, 6.45) is 2.30. The molecule has 0 unspecified atom stereocenters. The van der Waals surface area contributed by atoms with Gasteiger partial charge in [-0.15, -0.1) is 0 Å². The molecular weight excluding hydrogens is 382 g/mol. The summed E-state index contributed by atoms with van der Waals surface area (Å²) < 4.78 is 0.0750. The number of likely N-dealkylation sites (N-methyl/N-ethyl adjacent to an activating group) is 1. The highest BCUT2D eigenvalue weighted by molar-refractivity contribution is 9.24. The second kappa shape index (κ2) is 7.57. The Balaban J connectivity index is 2.07. The van der Waals surface area contributed by atoms with Crippen LogP contribution in [0.2, 0.25) is 0 Å². The second-order valence-electron chi connectivity index (χ2n) is 4.96. The van der Waals surface area contributed by atoms with Gasteiger partial charge in [0.1, 0.15) is 9.56 Å². The van der Waals surface area contributed by atoms with Gasteiger partial charge in [-0.2, -0.15) is 0 Å². The zero-order valence-electron chi connectivity index (χ0n) is 12.0. The summed E-state index contributed by atoms with van der Waals surface area (Å²) in [6, 6.07) is 6.50. The van der Waals surface area contributed by atoms with E-state index in [2.05, 4.69) is 78.8 Å². The minimum atomic E-state index is 0.0750. The van der Waals surface area contributed by atoms with E-state index in [-0.39, 0.29) is 3.74 Å². The Morgan fingerprint density at radius 2 is 2.05 bits per heavy atom. The fraction of sp³-hybridized carbons (Fsp3) is 0.533. The molecule has 0 bridgehead atoms. The molecule has 0 aliphatic rings. The van der Waals surface area contributed by atoms with Gasteiger partial charge in [-0.1, -0.05) is 51.8 Å². The summed E-state index contributed by atoms with van der Waals surface area (Å²) in [6.45, 7) is 7.89. The zero-order chi connectivity index (χ0) is 14.5. The number of hydrogen-bond acceptors (Lipinski definition) is 2. The van der Waals surface area contributed by atoms with Crippen molar-refractivity contribution < 1.29 is 0 Å². The fourth-order valence-electron chi connectivity index (χ4n) is 2.37. The normalized spacial score (nSPS) is 11.9. The molecule has 0 radical (unpaired) electrons. The molecule has 110 valence electrons. The molecule has 0 aliphatic carbocycles. The maximum absolute atomic E-state index is 4.53. The lowest BCUT2D eigenvalue weighted by Crippen LogP contribution is -2.26. The van der Waals surface area contributed by atoms with Crippen LogP contribution in [0.1, 0.15) is 35.4 Å².